The van der Waals surface area contributed by atoms with E-state index in [9.17, 15) is 18.8 Å². The van der Waals surface area contributed by atoms with Gasteiger partial charge in [0.05, 0.1) is 24.5 Å². The van der Waals surface area contributed by atoms with Crippen molar-refractivity contribution in [1.29, 1.82) is 0 Å². The largest absolute Gasteiger partial charge is 0.450 e. The summed E-state index contributed by atoms with van der Waals surface area (Å²) in [4.78, 5) is 37.8. The van der Waals surface area contributed by atoms with Gasteiger partial charge in [-0.15, -0.1) is 0 Å². The van der Waals surface area contributed by atoms with Crippen LogP contribution in [0.15, 0.2) is 29.1 Å². The van der Waals surface area contributed by atoms with E-state index in [2.05, 4.69) is 10.4 Å². The number of rotatable bonds is 4. The molecule has 2 amide bonds. The van der Waals surface area contributed by atoms with Gasteiger partial charge in [0.15, 0.2) is 0 Å². The molecule has 0 radical (unpaired) electrons. The predicted molar refractivity (Wildman–Crippen MR) is 99.7 cm³/mol. The molecule has 1 aliphatic rings. The zero-order valence-corrected chi connectivity index (χ0v) is 15.8. The molecule has 8 nitrogen and oxygen atoms in total. The fraction of sp³-hybridized carbons (Fsp3) is 0.333. The van der Waals surface area contributed by atoms with Gasteiger partial charge in [-0.1, -0.05) is 11.6 Å². The second-order valence-corrected chi connectivity index (χ2v) is 6.59. The number of anilines is 1. The third-order valence-electron chi connectivity index (χ3n) is 4.17. The van der Waals surface area contributed by atoms with Crippen LogP contribution in [0.3, 0.4) is 0 Å². The maximum absolute atomic E-state index is 13.8. The van der Waals surface area contributed by atoms with Gasteiger partial charge in [-0.05, 0) is 25.1 Å². The number of fused-ring (bicyclic) bond motifs is 1. The van der Waals surface area contributed by atoms with Crippen LogP contribution in [0, 0.1) is 5.82 Å². The molecule has 3 rings (SSSR count). The molecule has 0 saturated heterocycles. The second kappa shape index (κ2) is 8.39. The van der Waals surface area contributed by atoms with Gasteiger partial charge in [0.25, 0.3) is 5.56 Å². The molecule has 0 bridgehead atoms. The van der Waals surface area contributed by atoms with Gasteiger partial charge >= 0.3 is 6.09 Å². The minimum absolute atomic E-state index is 0.0366. The number of carbonyl (C=O) groups excluding carboxylic acids is 2. The van der Waals surface area contributed by atoms with Crippen molar-refractivity contribution in [3.8, 4) is 0 Å². The molecule has 1 aliphatic heterocycles. The molecular formula is C18H18ClFN4O4. The number of nitrogens with zero attached hydrogens (tertiary/aromatic N) is 3. The number of ether oxygens (including phenoxy) is 1. The molecule has 1 aromatic carbocycles. The lowest BCUT2D eigenvalue weighted by atomic mass is 10.1. The third-order valence-corrected chi connectivity index (χ3v) is 4.40. The van der Waals surface area contributed by atoms with Gasteiger partial charge in [-0.2, -0.15) is 5.10 Å². The number of hydrogen-bond donors (Lipinski definition) is 1. The van der Waals surface area contributed by atoms with Crippen LogP contribution in [-0.4, -0.2) is 39.8 Å². The van der Waals surface area contributed by atoms with E-state index in [1.54, 1.807) is 6.92 Å². The molecule has 28 heavy (non-hydrogen) atoms. The fourth-order valence-corrected chi connectivity index (χ4v) is 3.00. The van der Waals surface area contributed by atoms with Gasteiger partial charge in [0, 0.05) is 29.6 Å². The maximum atomic E-state index is 13.8. The standard InChI is InChI=1S/C18H18ClFN4O4/c1-2-28-18(27)23-6-5-14-11(9-23)7-17(26)24(22-14)10-16(25)21-15-4-3-12(19)8-13(15)20/h3-4,7-8H,2,5-6,9-10H2,1H3,(H,21,25). The van der Waals surface area contributed by atoms with Gasteiger partial charge in [-0.3, -0.25) is 9.59 Å². The first kappa shape index (κ1) is 19.8. The van der Waals surface area contributed by atoms with Crippen molar-refractivity contribution >= 4 is 29.3 Å². The Morgan fingerprint density at radius 2 is 2.14 bits per heavy atom. The maximum Gasteiger partial charge on any atom is 0.410 e. The van der Waals surface area contributed by atoms with E-state index in [0.717, 1.165) is 10.7 Å². The van der Waals surface area contributed by atoms with E-state index in [1.165, 1.54) is 23.1 Å². The summed E-state index contributed by atoms with van der Waals surface area (Å²) >= 11 is 5.68. The molecule has 0 fully saturated rings. The molecular weight excluding hydrogens is 391 g/mol. The van der Waals surface area contributed by atoms with E-state index in [1.807, 2.05) is 0 Å². The van der Waals surface area contributed by atoms with Crippen molar-refractivity contribution in [3.63, 3.8) is 0 Å². The van der Waals surface area contributed by atoms with Gasteiger partial charge < -0.3 is 15.0 Å². The Morgan fingerprint density at radius 1 is 1.36 bits per heavy atom. The molecule has 0 aliphatic carbocycles. The Morgan fingerprint density at radius 3 is 2.86 bits per heavy atom. The minimum Gasteiger partial charge on any atom is -0.450 e. The molecule has 2 aromatic rings. The van der Waals surface area contributed by atoms with Gasteiger partial charge in [-0.25, -0.2) is 13.9 Å². The minimum atomic E-state index is -0.675. The Hall–Kier alpha value is -2.94. The van der Waals surface area contributed by atoms with Crippen LogP contribution in [0.25, 0.3) is 0 Å². The third kappa shape index (κ3) is 4.48. The number of nitrogens with one attached hydrogen (secondary N) is 1. The summed E-state index contributed by atoms with van der Waals surface area (Å²) in [6.45, 7) is 2.25. The van der Waals surface area contributed by atoms with Crippen LogP contribution in [-0.2, 0) is 29.0 Å². The van der Waals surface area contributed by atoms with Crippen LogP contribution >= 0.6 is 11.6 Å². The Labute approximate surface area is 164 Å². The SMILES string of the molecule is CCOC(=O)N1CCc2nn(CC(=O)Nc3ccc(Cl)cc3F)c(=O)cc2C1. The van der Waals surface area contributed by atoms with Gasteiger partial charge in [0.2, 0.25) is 5.91 Å². The van der Waals surface area contributed by atoms with Crippen LogP contribution in [0.4, 0.5) is 14.9 Å². The Balaban J connectivity index is 1.71. The summed E-state index contributed by atoms with van der Waals surface area (Å²) in [7, 11) is 0. The number of halogens is 2. The highest BCUT2D eigenvalue weighted by atomic mass is 35.5. The molecule has 2 heterocycles. The summed E-state index contributed by atoms with van der Waals surface area (Å²) in [6.07, 6.45) is -0.0105. The number of carbonyl (C=O) groups is 2. The normalized spacial score (nSPS) is 13.0. The highest BCUT2D eigenvalue weighted by molar-refractivity contribution is 6.30. The number of hydrogen-bond acceptors (Lipinski definition) is 5. The molecule has 0 spiro atoms. The summed E-state index contributed by atoms with van der Waals surface area (Å²) in [5.41, 5.74) is 0.719. The topological polar surface area (TPSA) is 93.5 Å². The zero-order chi connectivity index (χ0) is 20.3. The average Bonchev–Trinajstić information content (AvgIpc) is 2.64. The van der Waals surface area contributed by atoms with Crippen molar-refractivity contribution in [2.45, 2.75) is 26.4 Å². The number of aromatic nitrogens is 2. The molecule has 1 aromatic heterocycles. The Bertz CT molecular complexity index is 979. The summed E-state index contributed by atoms with van der Waals surface area (Å²) in [6, 6.07) is 5.21. The molecule has 0 atom stereocenters. The van der Waals surface area contributed by atoms with E-state index < -0.39 is 23.4 Å². The number of amides is 2. The van der Waals surface area contributed by atoms with Gasteiger partial charge in [0.1, 0.15) is 12.4 Å². The fourth-order valence-electron chi connectivity index (χ4n) is 2.84. The predicted octanol–water partition coefficient (Wildman–Crippen LogP) is 2.19. The highest BCUT2D eigenvalue weighted by Crippen LogP contribution is 2.19. The van der Waals surface area contributed by atoms with Crippen LogP contribution in [0.1, 0.15) is 18.2 Å². The first-order chi connectivity index (χ1) is 13.4. The lowest BCUT2D eigenvalue weighted by Gasteiger charge is -2.27. The zero-order valence-electron chi connectivity index (χ0n) is 15.1. The average molecular weight is 409 g/mol. The lowest BCUT2D eigenvalue weighted by molar-refractivity contribution is -0.117. The van der Waals surface area contributed by atoms with Crippen molar-refractivity contribution in [2.24, 2.45) is 0 Å². The highest BCUT2D eigenvalue weighted by Gasteiger charge is 2.24. The lowest BCUT2D eigenvalue weighted by Crippen LogP contribution is -2.39. The number of benzene rings is 1. The Kier molecular flexibility index (Phi) is 5.93. The molecule has 148 valence electrons. The summed E-state index contributed by atoms with van der Waals surface area (Å²) < 4.78 is 19.8. The first-order valence-corrected chi connectivity index (χ1v) is 9.01. The van der Waals surface area contributed by atoms with Crippen molar-refractivity contribution < 1.29 is 18.7 Å². The first-order valence-electron chi connectivity index (χ1n) is 8.64. The van der Waals surface area contributed by atoms with Crippen molar-refractivity contribution in [3.05, 3.63) is 56.7 Å². The van der Waals surface area contributed by atoms with Crippen molar-refractivity contribution in [1.82, 2.24) is 14.7 Å². The van der Waals surface area contributed by atoms with E-state index in [0.29, 0.717) is 24.2 Å². The van der Waals surface area contributed by atoms with Crippen LogP contribution in [0.2, 0.25) is 5.02 Å². The van der Waals surface area contributed by atoms with Crippen LogP contribution < -0.4 is 10.9 Å². The van der Waals surface area contributed by atoms with E-state index in [-0.39, 0.29) is 30.4 Å². The quantitative estimate of drug-likeness (QED) is 0.837. The molecule has 0 unspecified atom stereocenters. The smallest absolute Gasteiger partial charge is 0.410 e. The van der Waals surface area contributed by atoms with Crippen LogP contribution in [0.5, 0.6) is 0 Å². The molecule has 10 heteroatoms. The monoisotopic (exact) mass is 408 g/mol. The second-order valence-electron chi connectivity index (χ2n) is 6.15. The molecule has 1 N–H and O–H groups in total. The summed E-state index contributed by atoms with van der Waals surface area (Å²) in [5.74, 6) is -1.27. The molecule has 0 saturated carbocycles. The van der Waals surface area contributed by atoms with Crippen molar-refractivity contribution in [2.75, 3.05) is 18.5 Å². The van der Waals surface area contributed by atoms with E-state index >= 15 is 0 Å². The summed E-state index contributed by atoms with van der Waals surface area (Å²) in [5, 5.41) is 6.82. The van der Waals surface area contributed by atoms with E-state index in [4.69, 9.17) is 16.3 Å².